The number of aromatic amines is 1. The second-order valence-corrected chi connectivity index (χ2v) is 7.75. The summed E-state index contributed by atoms with van der Waals surface area (Å²) in [6, 6.07) is 17.7. The van der Waals surface area contributed by atoms with Crippen LogP contribution in [0.1, 0.15) is 34.4 Å². The number of nitrogens with one attached hydrogen (secondary N) is 1. The fourth-order valence-electron chi connectivity index (χ4n) is 4.01. The van der Waals surface area contributed by atoms with Crippen LogP contribution in [0.2, 0.25) is 0 Å². The monoisotopic (exact) mass is 439 g/mol. The number of tetrazole rings is 1. The highest BCUT2D eigenvalue weighted by molar-refractivity contribution is 5.89. The van der Waals surface area contributed by atoms with Crippen molar-refractivity contribution < 1.29 is 9.90 Å². The quantitative estimate of drug-likeness (QED) is 0.411. The molecular formula is C24H21N7O2. The lowest BCUT2D eigenvalue weighted by Gasteiger charge is -2.11. The molecule has 9 nitrogen and oxygen atoms in total. The number of hydrogen-bond acceptors (Lipinski definition) is 6. The first-order valence-corrected chi connectivity index (χ1v) is 10.6. The number of aryl methyl sites for hydroxylation is 2. The minimum atomic E-state index is -1.05. The number of nitrogens with zero attached hydrogens (tertiary/aromatic N) is 6. The molecule has 0 aliphatic carbocycles. The van der Waals surface area contributed by atoms with Crippen LogP contribution in [-0.4, -0.2) is 46.2 Å². The van der Waals surface area contributed by atoms with E-state index in [-0.39, 0.29) is 5.69 Å². The van der Waals surface area contributed by atoms with Crippen LogP contribution < -0.4 is 0 Å². The Morgan fingerprint density at radius 1 is 1.06 bits per heavy atom. The number of carboxylic acids is 1. The van der Waals surface area contributed by atoms with Gasteiger partial charge in [-0.2, -0.15) is 5.21 Å². The highest BCUT2D eigenvalue weighted by Crippen LogP contribution is 2.30. The minimum Gasteiger partial charge on any atom is -0.477 e. The van der Waals surface area contributed by atoms with Gasteiger partial charge in [0, 0.05) is 12.0 Å². The summed E-state index contributed by atoms with van der Waals surface area (Å²) in [5.41, 5.74) is 6.16. The first kappa shape index (κ1) is 20.5. The van der Waals surface area contributed by atoms with Gasteiger partial charge in [-0.1, -0.05) is 55.5 Å². The average Bonchev–Trinajstić information content (AvgIpc) is 3.48. The summed E-state index contributed by atoms with van der Waals surface area (Å²) in [4.78, 5) is 20.6. The second kappa shape index (κ2) is 8.27. The Bertz CT molecular complexity index is 1450. The molecule has 0 aliphatic rings. The van der Waals surface area contributed by atoms with E-state index in [2.05, 4.69) is 49.9 Å². The van der Waals surface area contributed by atoms with Gasteiger partial charge in [0.25, 0.3) is 0 Å². The molecule has 9 heteroatoms. The molecule has 33 heavy (non-hydrogen) atoms. The van der Waals surface area contributed by atoms with Crippen molar-refractivity contribution in [3.63, 3.8) is 0 Å². The van der Waals surface area contributed by atoms with Crippen molar-refractivity contribution in [1.82, 2.24) is 35.2 Å². The molecule has 5 aromatic rings. The van der Waals surface area contributed by atoms with Crippen LogP contribution in [0.3, 0.4) is 0 Å². The minimum absolute atomic E-state index is 0.0252. The Morgan fingerprint density at radius 3 is 2.48 bits per heavy atom. The molecule has 3 aromatic heterocycles. The zero-order valence-corrected chi connectivity index (χ0v) is 18.1. The zero-order valence-electron chi connectivity index (χ0n) is 18.1. The zero-order chi connectivity index (χ0) is 22.9. The Hall–Kier alpha value is -4.40. The normalized spacial score (nSPS) is 11.2. The first-order chi connectivity index (χ1) is 16.0. The van der Waals surface area contributed by atoms with Crippen LogP contribution in [0.5, 0.6) is 0 Å². The smallest absolute Gasteiger partial charge is 0.354 e. The van der Waals surface area contributed by atoms with Crippen molar-refractivity contribution in [2.45, 2.75) is 26.8 Å². The topological polar surface area (TPSA) is 122 Å². The maximum Gasteiger partial charge on any atom is 0.354 e. The predicted octanol–water partition coefficient (Wildman–Crippen LogP) is 3.90. The van der Waals surface area contributed by atoms with Crippen LogP contribution in [-0.2, 0) is 13.0 Å². The van der Waals surface area contributed by atoms with E-state index in [1.54, 1.807) is 6.07 Å². The molecule has 0 amide bonds. The van der Waals surface area contributed by atoms with Crippen molar-refractivity contribution in [2.24, 2.45) is 0 Å². The van der Waals surface area contributed by atoms with E-state index < -0.39 is 5.97 Å². The first-order valence-electron chi connectivity index (χ1n) is 10.6. The molecule has 0 saturated carbocycles. The average molecular weight is 439 g/mol. The number of pyridine rings is 1. The SMILES string of the molecule is CCc1nc2c(C)cc(C(=O)O)nc2n1Cc1ccc(-c2ccccc2-c2nn[nH]n2)cc1. The number of imidazole rings is 1. The van der Waals surface area contributed by atoms with Gasteiger partial charge in [-0.15, -0.1) is 10.2 Å². The fraction of sp³-hybridized carbons (Fsp3) is 0.167. The molecular weight excluding hydrogens is 418 g/mol. The van der Waals surface area contributed by atoms with Gasteiger partial charge < -0.3 is 9.67 Å². The van der Waals surface area contributed by atoms with Crippen LogP contribution in [0.4, 0.5) is 0 Å². The van der Waals surface area contributed by atoms with Crippen molar-refractivity contribution in [1.29, 1.82) is 0 Å². The van der Waals surface area contributed by atoms with Gasteiger partial charge in [-0.05, 0) is 40.5 Å². The van der Waals surface area contributed by atoms with Crippen LogP contribution >= 0.6 is 0 Å². The number of carbonyl (C=O) groups is 1. The number of aromatic carboxylic acids is 1. The molecule has 3 heterocycles. The van der Waals surface area contributed by atoms with Crippen molar-refractivity contribution in [3.05, 3.63) is 77.2 Å². The van der Waals surface area contributed by atoms with Gasteiger partial charge in [-0.25, -0.2) is 14.8 Å². The third-order valence-electron chi connectivity index (χ3n) is 5.63. The number of fused-ring (bicyclic) bond motifs is 1. The lowest BCUT2D eigenvalue weighted by Crippen LogP contribution is -2.07. The van der Waals surface area contributed by atoms with Crippen LogP contribution in [0, 0.1) is 6.92 Å². The number of benzene rings is 2. The molecule has 0 aliphatic heterocycles. The predicted molar refractivity (Wildman–Crippen MR) is 123 cm³/mol. The van der Waals surface area contributed by atoms with Gasteiger partial charge >= 0.3 is 5.97 Å². The number of aromatic nitrogens is 7. The largest absolute Gasteiger partial charge is 0.477 e. The third kappa shape index (κ3) is 3.73. The van der Waals surface area contributed by atoms with E-state index in [4.69, 9.17) is 4.98 Å². The highest BCUT2D eigenvalue weighted by atomic mass is 16.4. The highest BCUT2D eigenvalue weighted by Gasteiger charge is 2.17. The molecule has 5 rings (SSSR count). The Labute approximate surface area is 189 Å². The number of rotatable bonds is 6. The van der Waals surface area contributed by atoms with Crippen molar-refractivity contribution in [2.75, 3.05) is 0 Å². The maximum atomic E-state index is 11.5. The van der Waals surface area contributed by atoms with Gasteiger partial charge in [0.2, 0.25) is 5.82 Å². The van der Waals surface area contributed by atoms with Gasteiger partial charge in [0.05, 0.1) is 6.54 Å². The summed E-state index contributed by atoms with van der Waals surface area (Å²) in [5.74, 6) is 0.368. The Balaban J connectivity index is 1.52. The molecule has 2 N–H and O–H groups in total. The molecule has 0 saturated heterocycles. The maximum absolute atomic E-state index is 11.5. The van der Waals surface area contributed by atoms with Crippen molar-refractivity contribution >= 4 is 17.1 Å². The summed E-state index contributed by atoms with van der Waals surface area (Å²) in [5, 5.41) is 23.8. The molecule has 0 fully saturated rings. The van der Waals surface area contributed by atoms with Gasteiger partial charge in [-0.3, -0.25) is 0 Å². The summed E-state index contributed by atoms with van der Waals surface area (Å²) in [6.07, 6.45) is 0.717. The van der Waals surface area contributed by atoms with E-state index in [9.17, 15) is 9.90 Å². The van der Waals surface area contributed by atoms with Crippen molar-refractivity contribution in [3.8, 4) is 22.5 Å². The molecule has 164 valence electrons. The summed E-state index contributed by atoms with van der Waals surface area (Å²) in [7, 11) is 0. The standard InChI is InChI=1S/C24H21N7O2/c1-3-20-26-21-14(2)12-19(24(32)33)25-23(21)31(20)13-15-8-10-16(11-9-15)17-6-4-5-7-18(17)22-27-29-30-28-22/h4-12H,3,13H2,1-2H3,(H,32,33)(H,27,28,29,30). The molecule has 2 aromatic carbocycles. The fourth-order valence-corrected chi connectivity index (χ4v) is 4.01. The lowest BCUT2D eigenvalue weighted by molar-refractivity contribution is 0.0690. The van der Waals surface area contributed by atoms with Gasteiger partial charge in [0.15, 0.2) is 11.3 Å². The van der Waals surface area contributed by atoms with E-state index in [0.29, 0.717) is 24.4 Å². The Kier molecular flexibility index (Phi) is 5.14. The van der Waals surface area contributed by atoms with Crippen LogP contribution in [0.25, 0.3) is 33.7 Å². The van der Waals surface area contributed by atoms with E-state index in [1.165, 1.54) is 0 Å². The number of hydrogen-bond donors (Lipinski definition) is 2. The summed E-state index contributed by atoms with van der Waals surface area (Å²) < 4.78 is 2.00. The summed E-state index contributed by atoms with van der Waals surface area (Å²) >= 11 is 0. The summed E-state index contributed by atoms with van der Waals surface area (Å²) in [6.45, 7) is 4.44. The van der Waals surface area contributed by atoms with E-state index >= 15 is 0 Å². The van der Waals surface area contributed by atoms with E-state index in [1.807, 2.05) is 42.7 Å². The molecule has 0 radical (unpaired) electrons. The number of H-pyrrole nitrogens is 1. The Morgan fingerprint density at radius 2 is 1.82 bits per heavy atom. The molecule has 0 atom stereocenters. The van der Waals surface area contributed by atoms with Crippen LogP contribution in [0.15, 0.2) is 54.6 Å². The molecule has 0 bridgehead atoms. The van der Waals surface area contributed by atoms with Gasteiger partial charge in [0.1, 0.15) is 11.3 Å². The van der Waals surface area contributed by atoms with E-state index in [0.717, 1.165) is 39.2 Å². The molecule has 0 unspecified atom stereocenters. The number of carboxylic acid groups (broad SMARTS) is 1. The lowest BCUT2D eigenvalue weighted by atomic mass is 9.98. The molecule has 0 spiro atoms. The third-order valence-corrected chi connectivity index (χ3v) is 5.63. The second-order valence-electron chi connectivity index (χ2n) is 7.75.